The summed E-state index contributed by atoms with van der Waals surface area (Å²) in [6, 6.07) is 0. The second-order valence-corrected chi connectivity index (χ2v) is 11.7. The van der Waals surface area contributed by atoms with E-state index in [-0.39, 0.29) is 0 Å². The largest absolute Gasteiger partial charge is 0.333 e. The van der Waals surface area contributed by atoms with E-state index in [1.807, 2.05) is 0 Å². The molecule has 0 aliphatic heterocycles. The average Bonchev–Trinajstić information content (AvgIpc) is 1.98. The van der Waals surface area contributed by atoms with Crippen LogP contribution in [-0.4, -0.2) is 14.2 Å². The Kier molecular flexibility index (Phi) is 5.02. The zero-order chi connectivity index (χ0) is 13.2. The third kappa shape index (κ3) is 3.74. The second-order valence-electron chi connectivity index (χ2n) is 7.38. The molecule has 1 atom stereocenters. The molecular weight excluding hydrogens is 210 g/mol. The van der Waals surface area contributed by atoms with Gasteiger partial charge in [-0.25, -0.2) is 0 Å². The third-order valence-corrected chi connectivity index (χ3v) is 8.40. The number of nitrogens with two attached hydrogens (primary N) is 1. The van der Waals surface area contributed by atoms with Gasteiger partial charge in [0.15, 0.2) is 0 Å². The minimum absolute atomic E-state index is 0.318. The van der Waals surface area contributed by atoms with E-state index in [9.17, 15) is 0 Å². The Labute approximate surface area is 104 Å². The summed E-state index contributed by atoms with van der Waals surface area (Å²) in [4.78, 5) is 0. The molecule has 16 heavy (non-hydrogen) atoms. The van der Waals surface area contributed by atoms with Crippen molar-refractivity contribution in [2.75, 3.05) is 6.17 Å². The van der Waals surface area contributed by atoms with E-state index in [1.54, 1.807) is 0 Å². The van der Waals surface area contributed by atoms with Gasteiger partial charge < -0.3 is 5.73 Å². The van der Waals surface area contributed by atoms with E-state index in [0.29, 0.717) is 16.4 Å². The van der Waals surface area contributed by atoms with E-state index in [0.717, 1.165) is 6.17 Å². The molecule has 0 saturated carbocycles. The maximum absolute atomic E-state index is 6.10. The highest BCUT2D eigenvalue weighted by atomic mass is 28.3. The summed E-state index contributed by atoms with van der Waals surface area (Å²) in [6.07, 6.45) is 3.04. The van der Waals surface area contributed by atoms with Crippen molar-refractivity contribution in [3.8, 4) is 0 Å². The van der Waals surface area contributed by atoms with Gasteiger partial charge in [-0.1, -0.05) is 59.9 Å². The van der Waals surface area contributed by atoms with Crippen LogP contribution in [0.15, 0.2) is 11.8 Å². The van der Waals surface area contributed by atoms with E-state index < -0.39 is 8.07 Å². The zero-order valence-corrected chi connectivity index (χ0v) is 13.5. The molecule has 0 amide bonds. The quantitative estimate of drug-likeness (QED) is 0.738. The minimum Gasteiger partial charge on any atom is -0.333 e. The molecule has 2 heteroatoms. The molecule has 0 spiro atoms. The lowest BCUT2D eigenvalue weighted by molar-refractivity contribution is 0.225. The van der Waals surface area contributed by atoms with Crippen LogP contribution >= 0.6 is 0 Å². The van der Waals surface area contributed by atoms with Crippen LogP contribution in [0, 0.1) is 10.8 Å². The monoisotopic (exact) mass is 241 g/mol. The lowest BCUT2D eigenvalue weighted by Crippen LogP contribution is -2.52. The molecule has 1 nitrogen and oxygen atoms in total. The van der Waals surface area contributed by atoms with Gasteiger partial charge in [-0.2, -0.15) is 0 Å². The lowest BCUT2D eigenvalue weighted by atomic mass is 9.76. The maximum Gasteiger partial charge on any atom is 0.0921 e. The summed E-state index contributed by atoms with van der Waals surface area (Å²) in [7, 11) is -1.53. The Balaban J connectivity index is 5.50. The molecule has 0 radical (unpaired) electrons. The highest BCUT2D eigenvalue weighted by Crippen LogP contribution is 2.51. The van der Waals surface area contributed by atoms with Gasteiger partial charge in [-0.05, 0) is 29.5 Å². The number of hydrogen-bond donors (Lipinski definition) is 1. The van der Waals surface area contributed by atoms with Crippen LogP contribution in [0.25, 0.3) is 0 Å². The average molecular weight is 241 g/mol. The van der Waals surface area contributed by atoms with Gasteiger partial charge in [0, 0.05) is 0 Å². The topological polar surface area (TPSA) is 26.0 Å². The van der Waals surface area contributed by atoms with Crippen LogP contribution in [-0.2, 0) is 0 Å². The molecule has 0 rings (SSSR count). The van der Waals surface area contributed by atoms with Crippen molar-refractivity contribution in [2.45, 2.75) is 60.6 Å². The first-order valence-electron chi connectivity index (χ1n) is 6.33. The zero-order valence-electron chi connectivity index (χ0n) is 12.5. The molecule has 0 aromatic carbocycles. The Morgan fingerprint density at radius 1 is 1.06 bits per heavy atom. The van der Waals surface area contributed by atoms with Gasteiger partial charge in [0.2, 0.25) is 0 Å². The molecular formula is C14H31NSi. The van der Waals surface area contributed by atoms with Crippen LogP contribution in [0.3, 0.4) is 0 Å². The molecule has 0 saturated heterocycles. The van der Waals surface area contributed by atoms with Gasteiger partial charge in [0.25, 0.3) is 0 Å². The normalized spacial score (nSPS) is 18.1. The van der Waals surface area contributed by atoms with Gasteiger partial charge in [-0.15, -0.1) is 0 Å². The SMILES string of the molecule is CC=C[Si](C)(CN)C(C(C)(C)C)C(C)(C)C. The van der Waals surface area contributed by atoms with Crippen LogP contribution in [0.2, 0.25) is 12.1 Å². The van der Waals surface area contributed by atoms with Crippen molar-refractivity contribution in [1.29, 1.82) is 0 Å². The molecule has 0 aromatic rings. The van der Waals surface area contributed by atoms with Crippen molar-refractivity contribution in [3.63, 3.8) is 0 Å². The van der Waals surface area contributed by atoms with Crippen LogP contribution in [0.5, 0.6) is 0 Å². The highest BCUT2D eigenvalue weighted by Gasteiger charge is 2.46. The Morgan fingerprint density at radius 2 is 1.44 bits per heavy atom. The fourth-order valence-electron chi connectivity index (χ4n) is 3.94. The van der Waals surface area contributed by atoms with Crippen LogP contribution in [0.4, 0.5) is 0 Å². The second kappa shape index (κ2) is 5.05. The molecule has 0 aromatic heterocycles. The number of allylic oxidation sites excluding steroid dienone is 1. The molecule has 0 fully saturated rings. The smallest absolute Gasteiger partial charge is 0.0921 e. The minimum atomic E-state index is -1.53. The van der Waals surface area contributed by atoms with Gasteiger partial charge in [0.05, 0.1) is 8.07 Å². The highest BCUT2D eigenvalue weighted by molar-refractivity contribution is 6.85. The first-order chi connectivity index (χ1) is 6.99. The molecule has 0 aliphatic rings. The molecule has 2 N–H and O–H groups in total. The first kappa shape index (κ1) is 15.9. The van der Waals surface area contributed by atoms with E-state index >= 15 is 0 Å². The predicted molar refractivity (Wildman–Crippen MR) is 78.1 cm³/mol. The summed E-state index contributed by atoms with van der Waals surface area (Å²) >= 11 is 0. The van der Waals surface area contributed by atoms with E-state index in [4.69, 9.17) is 5.73 Å². The van der Waals surface area contributed by atoms with E-state index in [2.05, 4.69) is 66.8 Å². The Morgan fingerprint density at radius 3 is 1.62 bits per heavy atom. The first-order valence-corrected chi connectivity index (χ1v) is 9.19. The number of rotatable bonds is 3. The fourth-order valence-corrected chi connectivity index (χ4v) is 9.22. The number of hydrogen-bond acceptors (Lipinski definition) is 1. The van der Waals surface area contributed by atoms with Crippen LogP contribution in [0.1, 0.15) is 48.5 Å². The summed E-state index contributed by atoms with van der Waals surface area (Å²) in [5.74, 6) is 0. The molecule has 0 heterocycles. The third-order valence-electron chi connectivity index (χ3n) is 3.38. The Bertz CT molecular complexity index is 230. The van der Waals surface area contributed by atoms with Gasteiger partial charge in [0.1, 0.15) is 0 Å². The summed E-state index contributed by atoms with van der Waals surface area (Å²) in [6.45, 7) is 18.7. The summed E-state index contributed by atoms with van der Waals surface area (Å²) in [5.41, 5.74) is 9.85. The maximum atomic E-state index is 6.10. The summed E-state index contributed by atoms with van der Waals surface area (Å²) < 4.78 is 0. The standard InChI is InChI=1S/C14H31NSi/c1-9-10-16(8,11-15)12(13(2,3)4)14(5,6)7/h9-10,12H,11,15H2,1-8H3. The fraction of sp³-hybridized carbons (Fsp3) is 0.857. The lowest BCUT2D eigenvalue weighted by Gasteiger charge is -2.49. The molecule has 0 aliphatic carbocycles. The van der Waals surface area contributed by atoms with E-state index in [1.165, 1.54) is 0 Å². The van der Waals surface area contributed by atoms with Crippen molar-refractivity contribution < 1.29 is 0 Å². The molecule has 96 valence electrons. The van der Waals surface area contributed by atoms with Crippen LogP contribution < -0.4 is 5.73 Å². The van der Waals surface area contributed by atoms with Gasteiger partial charge in [-0.3, -0.25) is 0 Å². The van der Waals surface area contributed by atoms with Gasteiger partial charge >= 0.3 is 0 Å². The Hall–Kier alpha value is -0.0831. The van der Waals surface area contributed by atoms with Crippen molar-refractivity contribution in [3.05, 3.63) is 11.8 Å². The van der Waals surface area contributed by atoms with Crippen molar-refractivity contribution in [2.24, 2.45) is 16.6 Å². The summed E-state index contributed by atoms with van der Waals surface area (Å²) in [5, 5.41) is 0. The predicted octanol–water partition coefficient (Wildman–Crippen LogP) is 4.14. The van der Waals surface area contributed by atoms with Crippen molar-refractivity contribution in [1.82, 2.24) is 0 Å². The molecule has 0 bridgehead atoms. The van der Waals surface area contributed by atoms with Crippen molar-refractivity contribution >= 4 is 8.07 Å². The molecule has 1 unspecified atom stereocenters.